The van der Waals surface area contributed by atoms with Crippen molar-refractivity contribution in [3.63, 3.8) is 0 Å². The molecule has 0 N–H and O–H groups in total. The van der Waals surface area contributed by atoms with E-state index in [1.54, 1.807) is 0 Å². The van der Waals surface area contributed by atoms with Crippen molar-refractivity contribution in [3.8, 4) is 44.5 Å². The van der Waals surface area contributed by atoms with Crippen molar-refractivity contribution < 1.29 is 0 Å². The Morgan fingerprint density at radius 1 is 0.406 bits per heavy atom. The summed E-state index contributed by atoms with van der Waals surface area (Å²) in [5, 5.41) is 0. The van der Waals surface area contributed by atoms with Crippen LogP contribution < -0.4 is 4.90 Å². The largest absolute Gasteiger partial charge is 0.311 e. The molecule has 9 aromatic rings. The molecule has 0 amide bonds. The highest BCUT2D eigenvalue weighted by molar-refractivity contribution is 5.90. The molecule has 1 heteroatoms. The van der Waals surface area contributed by atoms with Gasteiger partial charge in [0.15, 0.2) is 0 Å². The molecule has 4 aliphatic rings. The summed E-state index contributed by atoms with van der Waals surface area (Å²) in [7, 11) is 0. The first-order valence-electron chi connectivity index (χ1n) is 25.5. The molecule has 0 fully saturated rings. The quantitative estimate of drug-likeness (QED) is 0.140. The summed E-state index contributed by atoms with van der Waals surface area (Å²) >= 11 is 0. The van der Waals surface area contributed by atoms with Crippen molar-refractivity contribution in [2.75, 3.05) is 4.90 Å². The summed E-state index contributed by atoms with van der Waals surface area (Å²) < 4.78 is 0. The van der Waals surface area contributed by atoms with E-state index in [2.05, 4.69) is 228 Å². The molecular weight excluding hydrogens is 831 g/mol. The number of anilines is 3. The average molecular weight is 890 g/mol. The standard InChI is InChI=1S/C68H59N/c1-7-44(4)45-16-26-56(27-17-45)69(57-28-18-48(19-29-57)52-22-34-60-59-32-8-42(2)36-63(59)67(5,6)64(60)40-52)58-30-20-49(21-31-58)53-23-35-62-61-33-9-43(3)37-65(61)68(66(62)41-53,54-24-14-46-10-12-50(46)38-54)55-25-15-47-11-13-51(47)39-55/h8-9,14-41,44H,7,10-13H2,1-6H3. The van der Waals surface area contributed by atoms with Gasteiger partial charge in [0.2, 0.25) is 0 Å². The second-order valence-corrected chi connectivity index (χ2v) is 21.3. The Bertz CT molecular complexity index is 3470. The molecule has 0 bridgehead atoms. The third-order valence-corrected chi connectivity index (χ3v) is 17.0. The monoisotopic (exact) mass is 889 g/mol. The van der Waals surface area contributed by atoms with Gasteiger partial charge in [-0.05, 0) is 206 Å². The zero-order valence-electron chi connectivity index (χ0n) is 40.9. The average Bonchev–Trinajstić information content (AvgIpc) is 3.76. The Hall–Kier alpha value is -7.22. The summed E-state index contributed by atoms with van der Waals surface area (Å²) in [6, 6.07) is 71.0. The van der Waals surface area contributed by atoms with Gasteiger partial charge < -0.3 is 4.90 Å². The highest BCUT2D eigenvalue weighted by Crippen LogP contribution is 2.58. The highest BCUT2D eigenvalue weighted by Gasteiger charge is 2.47. The number of benzene rings is 9. The fourth-order valence-corrected chi connectivity index (χ4v) is 12.5. The van der Waals surface area contributed by atoms with E-state index in [0.29, 0.717) is 5.92 Å². The van der Waals surface area contributed by atoms with Crippen LogP contribution in [-0.4, -0.2) is 0 Å². The maximum Gasteiger partial charge on any atom is 0.0714 e. The Morgan fingerprint density at radius 2 is 0.797 bits per heavy atom. The maximum absolute atomic E-state index is 2.55. The van der Waals surface area contributed by atoms with Crippen LogP contribution in [0.1, 0.15) is 112 Å². The van der Waals surface area contributed by atoms with Gasteiger partial charge in [-0.2, -0.15) is 0 Å². The Balaban J connectivity index is 0.892. The Morgan fingerprint density at radius 3 is 1.26 bits per heavy atom. The Labute approximate surface area is 409 Å². The number of fused-ring (bicyclic) bond motifs is 8. The number of rotatable bonds is 9. The summed E-state index contributed by atoms with van der Waals surface area (Å²) in [5.41, 5.74) is 31.8. The van der Waals surface area contributed by atoms with Gasteiger partial charge in [0.25, 0.3) is 0 Å². The minimum atomic E-state index is -0.410. The van der Waals surface area contributed by atoms with Crippen molar-refractivity contribution in [2.45, 2.75) is 90.4 Å². The maximum atomic E-state index is 2.55. The number of hydrogen-bond acceptors (Lipinski definition) is 1. The van der Waals surface area contributed by atoms with Gasteiger partial charge in [0, 0.05) is 22.5 Å². The molecular formula is C68H59N. The van der Waals surface area contributed by atoms with E-state index in [1.165, 1.54) is 130 Å². The van der Waals surface area contributed by atoms with Gasteiger partial charge in [0.1, 0.15) is 0 Å². The SMILES string of the molecule is CCC(C)c1ccc(N(c2ccc(-c3ccc4c(c3)C(C)(C)c3cc(C)ccc3-4)cc2)c2ccc(-c3ccc4c(c3)C(c3ccc5c(c3)CC5)(c3ccc5c(c3)CC5)c3cc(C)ccc3-4)cc2)cc1. The first-order chi connectivity index (χ1) is 33.6. The lowest BCUT2D eigenvalue weighted by Crippen LogP contribution is -2.30. The zero-order valence-corrected chi connectivity index (χ0v) is 40.9. The van der Waals surface area contributed by atoms with E-state index in [9.17, 15) is 0 Å². The van der Waals surface area contributed by atoms with Crippen LogP contribution >= 0.6 is 0 Å². The molecule has 1 unspecified atom stereocenters. The molecule has 0 aromatic heterocycles. The molecule has 4 aliphatic carbocycles. The van der Waals surface area contributed by atoms with Gasteiger partial charge in [-0.1, -0.05) is 172 Å². The highest BCUT2D eigenvalue weighted by atomic mass is 15.1. The minimum Gasteiger partial charge on any atom is -0.311 e. The van der Waals surface area contributed by atoms with E-state index in [-0.39, 0.29) is 5.41 Å². The van der Waals surface area contributed by atoms with Crippen LogP contribution in [0.5, 0.6) is 0 Å². The van der Waals surface area contributed by atoms with E-state index in [0.717, 1.165) is 36.3 Å². The molecule has 0 heterocycles. The van der Waals surface area contributed by atoms with Crippen LogP contribution in [0, 0.1) is 13.8 Å². The Kier molecular flexibility index (Phi) is 9.51. The van der Waals surface area contributed by atoms with E-state index >= 15 is 0 Å². The normalized spacial score (nSPS) is 15.4. The van der Waals surface area contributed by atoms with Gasteiger partial charge >= 0.3 is 0 Å². The van der Waals surface area contributed by atoms with Crippen molar-refractivity contribution in [1.82, 2.24) is 0 Å². The number of nitrogens with zero attached hydrogens (tertiary/aromatic N) is 1. The lowest BCUT2D eigenvalue weighted by atomic mass is 9.65. The smallest absolute Gasteiger partial charge is 0.0714 e. The molecule has 0 radical (unpaired) electrons. The predicted octanol–water partition coefficient (Wildman–Crippen LogP) is 17.5. The summed E-state index contributed by atoms with van der Waals surface area (Å²) in [4.78, 5) is 2.42. The summed E-state index contributed by atoms with van der Waals surface area (Å²) in [6.45, 7) is 13.8. The number of aryl methyl sites for hydroxylation is 6. The van der Waals surface area contributed by atoms with Crippen LogP contribution in [0.3, 0.4) is 0 Å². The second-order valence-electron chi connectivity index (χ2n) is 21.3. The molecule has 0 saturated heterocycles. The fourth-order valence-electron chi connectivity index (χ4n) is 12.5. The topological polar surface area (TPSA) is 3.24 Å². The van der Waals surface area contributed by atoms with Crippen LogP contribution in [0.4, 0.5) is 17.1 Å². The van der Waals surface area contributed by atoms with Crippen LogP contribution in [0.2, 0.25) is 0 Å². The van der Waals surface area contributed by atoms with E-state index in [4.69, 9.17) is 0 Å². The van der Waals surface area contributed by atoms with Crippen molar-refractivity contribution in [2.24, 2.45) is 0 Å². The molecule has 1 nitrogen and oxygen atoms in total. The first-order valence-corrected chi connectivity index (χ1v) is 25.5. The molecule has 13 rings (SSSR count). The molecule has 0 spiro atoms. The molecule has 69 heavy (non-hydrogen) atoms. The van der Waals surface area contributed by atoms with Gasteiger partial charge in [-0.3, -0.25) is 0 Å². The molecule has 0 saturated carbocycles. The molecule has 336 valence electrons. The van der Waals surface area contributed by atoms with Gasteiger partial charge in [0.05, 0.1) is 5.41 Å². The van der Waals surface area contributed by atoms with Crippen molar-refractivity contribution >= 4 is 17.1 Å². The summed E-state index contributed by atoms with van der Waals surface area (Å²) in [5.74, 6) is 0.513. The van der Waals surface area contributed by atoms with E-state index < -0.39 is 5.41 Å². The third-order valence-electron chi connectivity index (χ3n) is 17.0. The molecule has 9 aromatic carbocycles. The summed E-state index contributed by atoms with van der Waals surface area (Å²) in [6.07, 6.45) is 5.81. The molecule has 1 atom stereocenters. The van der Waals surface area contributed by atoms with E-state index in [1.807, 2.05) is 0 Å². The zero-order chi connectivity index (χ0) is 46.8. The van der Waals surface area contributed by atoms with Crippen LogP contribution in [0.25, 0.3) is 44.5 Å². The van der Waals surface area contributed by atoms with Crippen LogP contribution in [0.15, 0.2) is 182 Å². The van der Waals surface area contributed by atoms with Crippen molar-refractivity contribution in [3.05, 3.63) is 254 Å². The van der Waals surface area contributed by atoms with Gasteiger partial charge in [-0.25, -0.2) is 0 Å². The molecule has 0 aliphatic heterocycles. The predicted molar refractivity (Wildman–Crippen MR) is 290 cm³/mol. The lowest BCUT2D eigenvalue weighted by Gasteiger charge is -2.37. The number of hydrogen-bond donors (Lipinski definition) is 0. The van der Waals surface area contributed by atoms with Crippen molar-refractivity contribution in [1.29, 1.82) is 0 Å². The van der Waals surface area contributed by atoms with Gasteiger partial charge in [-0.15, -0.1) is 0 Å². The first kappa shape index (κ1) is 41.9. The lowest BCUT2D eigenvalue weighted by molar-refractivity contribution is 0.660. The fraction of sp³-hybridized carbons (Fsp3) is 0.206. The van der Waals surface area contributed by atoms with Crippen LogP contribution in [-0.2, 0) is 36.5 Å². The second kappa shape index (κ2) is 15.7. The minimum absolute atomic E-state index is 0.0467. The third kappa shape index (κ3) is 6.43.